The molecule has 2 atom stereocenters. The van der Waals surface area contributed by atoms with Crippen LogP contribution in [0, 0.1) is 17.2 Å². The highest BCUT2D eigenvalue weighted by atomic mass is 35.5. The maximum absolute atomic E-state index is 12.9. The number of carbonyl (C=O) groups is 1. The Hall–Kier alpha value is -2.44. The molecule has 11 heteroatoms. The number of nitrogen functional groups attached to an aromatic ring is 1. The number of nitriles is 1. The molecule has 1 fully saturated rings. The van der Waals surface area contributed by atoms with Gasteiger partial charge >= 0.3 is 12.1 Å². The van der Waals surface area contributed by atoms with Gasteiger partial charge in [0.2, 0.25) is 0 Å². The van der Waals surface area contributed by atoms with E-state index < -0.39 is 23.6 Å². The van der Waals surface area contributed by atoms with Gasteiger partial charge < -0.3 is 10.5 Å². The molecule has 0 saturated heterocycles. The lowest BCUT2D eigenvalue weighted by Gasteiger charge is -2.13. The average molecular weight is 433 g/mol. The van der Waals surface area contributed by atoms with Crippen LogP contribution in [-0.4, -0.2) is 22.4 Å². The maximum atomic E-state index is 12.9. The van der Waals surface area contributed by atoms with Crippen LogP contribution >= 0.6 is 23.2 Å². The van der Waals surface area contributed by atoms with E-state index in [9.17, 15) is 23.2 Å². The first-order chi connectivity index (χ1) is 13.1. The average Bonchev–Trinajstić information content (AvgIpc) is 3.32. The van der Waals surface area contributed by atoms with Crippen LogP contribution in [0.25, 0.3) is 5.69 Å². The number of carbonyl (C=O) groups excluding carboxylic acids is 1. The van der Waals surface area contributed by atoms with Gasteiger partial charge in [0.1, 0.15) is 17.6 Å². The summed E-state index contributed by atoms with van der Waals surface area (Å²) in [6.07, 6.45) is -4.21. The van der Waals surface area contributed by atoms with Gasteiger partial charge in [0, 0.05) is 11.5 Å². The zero-order valence-electron chi connectivity index (χ0n) is 14.3. The number of esters is 1. The van der Waals surface area contributed by atoms with E-state index in [-0.39, 0.29) is 39.8 Å². The van der Waals surface area contributed by atoms with E-state index in [0.29, 0.717) is 24.1 Å². The number of anilines is 1. The summed E-state index contributed by atoms with van der Waals surface area (Å²) in [6.45, 7) is 1.90. The summed E-state index contributed by atoms with van der Waals surface area (Å²) >= 11 is 12.0. The Morgan fingerprint density at radius 1 is 1.43 bits per heavy atom. The van der Waals surface area contributed by atoms with Crippen LogP contribution in [0.15, 0.2) is 12.1 Å². The molecule has 1 aromatic carbocycles. The van der Waals surface area contributed by atoms with Gasteiger partial charge in [0.25, 0.3) is 0 Å². The van der Waals surface area contributed by atoms with Crippen LogP contribution in [-0.2, 0) is 15.7 Å². The zero-order chi connectivity index (χ0) is 20.8. The SMILES string of the molecule is CCOC(=O)C1CC1c1c(C#N)nn(-c2c(Cl)cc(C(F)(F)F)cc2Cl)c1N. The second kappa shape index (κ2) is 7.18. The van der Waals surface area contributed by atoms with Crippen molar-refractivity contribution in [2.24, 2.45) is 5.92 Å². The zero-order valence-corrected chi connectivity index (χ0v) is 15.9. The number of ether oxygens (including phenoxy) is 1. The van der Waals surface area contributed by atoms with E-state index in [1.807, 2.05) is 6.07 Å². The van der Waals surface area contributed by atoms with E-state index in [0.717, 1.165) is 4.68 Å². The van der Waals surface area contributed by atoms with Crippen molar-refractivity contribution in [3.63, 3.8) is 0 Å². The first-order valence-electron chi connectivity index (χ1n) is 8.11. The van der Waals surface area contributed by atoms with E-state index in [1.54, 1.807) is 6.92 Å². The molecule has 28 heavy (non-hydrogen) atoms. The highest BCUT2D eigenvalue weighted by Crippen LogP contribution is 2.52. The molecule has 1 aliphatic rings. The van der Waals surface area contributed by atoms with Crippen LogP contribution < -0.4 is 5.73 Å². The van der Waals surface area contributed by atoms with Crippen molar-refractivity contribution in [2.75, 3.05) is 12.3 Å². The molecule has 1 saturated carbocycles. The normalized spacial score (nSPS) is 18.6. The fourth-order valence-corrected chi connectivity index (χ4v) is 3.66. The summed E-state index contributed by atoms with van der Waals surface area (Å²) in [5.41, 5.74) is 5.28. The highest BCUT2D eigenvalue weighted by molar-refractivity contribution is 6.38. The van der Waals surface area contributed by atoms with E-state index in [4.69, 9.17) is 33.7 Å². The summed E-state index contributed by atoms with van der Waals surface area (Å²) in [7, 11) is 0. The monoisotopic (exact) mass is 432 g/mol. The third kappa shape index (κ3) is 3.50. The summed E-state index contributed by atoms with van der Waals surface area (Å²) < 4.78 is 44.8. The smallest absolute Gasteiger partial charge is 0.416 e. The van der Waals surface area contributed by atoms with E-state index in [2.05, 4.69) is 5.10 Å². The van der Waals surface area contributed by atoms with Crippen LogP contribution in [0.2, 0.25) is 10.0 Å². The fraction of sp³-hybridized carbons (Fsp3) is 0.353. The predicted molar refractivity (Wildman–Crippen MR) is 95.2 cm³/mol. The minimum absolute atomic E-state index is 0.0168. The molecule has 0 bridgehead atoms. The highest BCUT2D eigenvalue weighted by Gasteiger charge is 2.48. The topological polar surface area (TPSA) is 93.9 Å². The molecule has 0 aliphatic heterocycles. The molecule has 6 nitrogen and oxygen atoms in total. The van der Waals surface area contributed by atoms with Crippen molar-refractivity contribution in [1.82, 2.24) is 9.78 Å². The van der Waals surface area contributed by atoms with Crippen molar-refractivity contribution in [3.8, 4) is 11.8 Å². The van der Waals surface area contributed by atoms with Crippen LogP contribution in [0.1, 0.15) is 36.1 Å². The molecule has 1 aliphatic carbocycles. The molecule has 1 aromatic heterocycles. The maximum Gasteiger partial charge on any atom is 0.416 e. The number of nitrogens with zero attached hydrogens (tertiary/aromatic N) is 3. The van der Waals surface area contributed by atoms with Gasteiger partial charge in [-0.1, -0.05) is 23.2 Å². The largest absolute Gasteiger partial charge is 0.466 e. The van der Waals surface area contributed by atoms with Crippen LogP contribution in [0.4, 0.5) is 19.0 Å². The van der Waals surface area contributed by atoms with Gasteiger partial charge in [-0.2, -0.15) is 23.5 Å². The van der Waals surface area contributed by atoms with Gasteiger partial charge in [-0.05, 0) is 25.5 Å². The lowest BCUT2D eigenvalue weighted by Crippen LogP contribution is -2.09. The Morgan fingerprint density at radius 3 is 2.54 bits per heavy atom. The molecule has 0 amide bonds. The Balaban J connectivity index is 2.06. The second-order valence-electron chi connectivity index (χ2n) is 6.16. The lowest BCUT2D eigenvalue weighted by molar-refractivity contribution is -0.144. The second-order valence-corrected chi connectivity index (χ2v) is 6.97. The number of aromatic nitrogens is 2. The van der Waals surface area contributed by atoms with Crippen molar-refractivity contribution >= 4 is 35.0 Å². The summed E-state index contributed by atoms with van der Waals surface area (Å²) in [4.78, 5) is 11.9. The van der Waals surface area contributed by atoms with E-state index >= 15 is 0 Å². The molecular weight excluding hydrogens is 420 g/mol. The number of rotatable bonds is 4. The molecule has 2 N–H and O–H groups in total. The molecule has 2 unspecified atom stereocenters. The van der Waals surface area contributed by atoms with Crippen molar-refractivity contribution < 1.29 is 22.7 Å². The number of nitrogens with two attached hydrogens (primary N) is 1. The quantitative estimate of drug-likeness (QED) is 0.725. The minimum atomic E-state index is -4.63. The number of benzene rings is 1. The Morgan fingerprint density at radius 2 is 2.04 bits per heavy atom. The molecular formula is C17H13Cl2F3N4O2. The first-order valence-corrected chi connectivity index (χ1v) is 8.87. The first kappa shape index (κ1) is 20.3. The Labute approximate surface area is 167 Å². The van der Waals surface area contributed by atoms with Gasteiger partial charge in [0.15, 0.2) is 5.69 Å². The van der Waals surface area contributed by atoms with Crippen LogP contribution in [0.3, 0.4) is 0 Å². The molecule has 0 radical (unpaired) electrons. The number of alkyl halides is 3. The Kier molecular flexibility index (Phi) is 5.21. The number of hydrogen-bond acceptors (Lipinski definition) is 5. The summed E-state index contributed by atoms with van der Waals surface area (Å²) in [5.74, 6) is -1.24. The van der Waals surface area contributed by atoms with Gasteiger partial charge in [0.05, 0.1) is 28.1 Å². The molecule has 0 spiro atoms. The summed E-state index contributed by atoms with van der Waals surface area (Å²) in [5, 5.41) is 12.8. The van der Waals surface area contributed by atoms with Crippen molar-refractivity contribution in [3.05, 3.63) is 39.0 Å². The number of halogens is 5. The van der Waals surface area contributed by atoms with Crippen molar-refractivity contribution in [2.45, 2.75) is 25.4 Å². The van der Waals surface area contributed by atoms with Crippen LogP contribution in [0.5, 0.6) is 0 Å². The summed E-state index contributed by atoms with van der Waals surface area (Å²) in [6, 6.07) is 3.29. The van der Waals surface area contributed by atoms with Gasteiger partial charge in [-0.15, -0.1) is 0 Å². The van der Waals surface area contributed by atoms with Gasteiger partial charge in [-0.25, -0.2) is 4.68 Å². The van der Waals surface area contributed by atoms with Gasteiger partial charge in [-0.3, -0.25) is 4.79 Å². The third-order valence-corrected chi connectivity index (χ3v) is 4.95. The number of hydrogen-bond donors (Lipinski definition) is 1. The predicted octanol–water partition coefficient (Wildman–Crippen LogP) is 4.32. The molecule has 2 aromatic rings. The third-order valence-electron chi connectivity index (χ3n) is 4.37. The molecule has 148 valence electrons. The lowest BCUT2D eigenvalue weighted by atomic mass is 10.1. The Bertz CT molecular complexity index is 975. The fourth-order valence-electron chi connectivity index (χ4n) is 3.02. The molecule has 3 rings (SSSR count). The van der Waals surface area contributed by atoms with E-state index in [1.165, 1.54) is 0 Å². The minimum Gasteiger partial charge on any atom is -0.466 e. The molecule has 1 heterocycles. The standard InChI is InChI=1S/C17H13Cl2F3N4O2/c1-2-28-16(27)9-5-8(9)13-12(6-23)25-26(15(13)24)14-10(18)3-7(4-11(14)19)17(20,21)22/h3-4,8-9H,2,5,24H2,1H3. The van der Waals surface area contributed by atoms with Crippen molar-refractivity contribution in [1.29, 1.82) is 5.26 Å².